The molecule has 1 aliphatic rings. The summed E-state index contributed by atoms with van der Waals surface area (Å²) < 4.78 is 0. The lowest BCUT2D eigenvalue weighted by molar-refractivity contribution is 0.0957. The van der Waals surface area contributed by atoms with Crippen molar-refractivity contribution in [2.75, 3.05) is 18.8 Å². The molecule has 102 valence electrons. The Kier molecular flexibility index (Phi) is 5.32. The average Bonchev–Trinajstić information content (AvgIpc) is 3.03. The molecule has 3 N–H and O–H groups in total. The molecule has 0 bridgehead atoms. The van der Waals surface area contributed by atoms with Crippen molar-refractivity contribution in [3.63, 3.8) is 0 Å². The quantitative estimate of drug-likeness (QED) is 0.838. The van der Waals surface area contributed by atoms with Gasteiger partial charge >= 0.3 is 0 Å². The van der Waals surface area contributed by atoms with Crippen LogP contribution in [0.5, 0.6) is 0 Å². The van der Waals surface area contributed by atoms with Gasteiger partial charge in [0.05, 0.1) is 16.3 Å². The van der Waals surface area contributed by atoms with Crippen molar-refractivity contribution in [1.29, 1.82) is 0 Å². The van der Waals surface area contributed by atoms with Crippen LogP contribution in [0.4, 0.5) is 0 Å². The van der Waals surface area contributed by atoms with E-state index in [-0.39, 0.29) is 5.91 Å². The number of carbonyl (C=O) groups is 1. The molecule has 19 heavy (non-hydrogen) atoms. The summed E-state index contributed by atoms with van der Waals surface area (Å²) in [5, 5.41) is 3.60. The van der Waals surface area contributed by atoms with E-state index in [1.54, 1.807) is 0 Å². The van der Waals surface area contributed by atoms with Crippen LogP contribution in [0.15, 0.2) is 6.07 Å². The van der Waals surface area contributed by atoms with Gasteiger partial charge in [0.15, 0.2) is 0 Å². The summed E-state index contributed by atoms with van der Waals surface area (Å²) >= 11 is 3.39. The Bertz CT molecular complexity index is 507. The molecule has 2 heterocycles. The molecule has 1 aromatic rings. The van der Waals surface area contributed by atoms with Crippen LogP contribution in [0.3, 0.4) is 0 Å². The van der Waals surface area contributed by atoms with E-state index in [2.05, 4.69) is 17.2 Å². The highest BCUT2D eigenvalue weighted by atomic mass is 32.2. The number of rotatable bonds is 3. The smallest absolute Gasteiger partial charge is 0.261 e. The Morgan fingerprint density at radius 3 is 3.16 bits per heavy atom. The highest BCUT2D eigenvalue weighted by Gasteiger charge is 2.17. The lowest BCUT2D eigenvalue weighted by Crippen LogP contribution is -2.29. The van der Waals surface area contributed by atoms with Crippen LogP contribution in [-0.4, -0.2) is 30.0 Å². The van der Waals surface area contributed by atoms with E-state index < -0.39 is 0 Å². The van der Waals surface area contributed by atoms with Gasteiger partial charge in [-0.1, -0.05) is 11.8 Å². The van der Waals surface area contributed by atoms with Gasteiger partial charge in [-0.3, -0.25) is 4.79 Å². The fraction of sp³-hybridized carbons (Fsp3) is 0.500. The third-order valence-electron chi connectivity index (χ3n) is 2.96. The van der Waals surface area contributed by atoms with Crippen LogP contribution in [-0.2, 0) is 0 Å². The van der Waals surface area contributed by atoms with Crippen molar-refractivity contribution in [2.24, 2.45) is 5.73 Å². The monoisotopic (exact) mass is 294 g/mol. The second-order valence-corrected chi connectivity index (χ2v) is 6.93. The number of thioether (sulfide) groups is 1. The fourth-order valence-corrected chi connectivity index (χ4v) is 4.11. The van der Waals surface area contributed by atoms with Gasteiger partial charge in [0.2, 0.25) is 0 Å². The van der Waals surface area contributed by atoms with E-state index >= 15 is 0 Å². The number of hydrogen-bond donors (Lipinski definition) is 2. The SMILES string of the molecule is Cc1cc(C(=O)NCC2CCCS2)sc1C#CCN. The standard InChI is InChI=1S/C14H18N2OS2/c1-10-8-13(19-12(10)5-2-6-15)14(17)16-9-11-4-3-7-18-11/h8,11H,3-4,6-7,9,15H2,1H3,(H,16,17). The molecule has 0 saturated carbocycles. The van der Waals surface area contributed by atoms with E-state index in [1.807, 2.05) is 24.8 Å². The second kappa shape index (κ2) is 6.99. The molecule has 1 saturated heterocycles. The van der Waals surface area contributed by atoms with E-state index in [4.69, 9.17) is 5.73 Å². The molecule has 0 aliphatic carbocycles. The minimum atomic E-state index is 0.0152. The minimum Gasteiger partial charge on any atom is -0.350 e. The van der Waals surface area contributed by atoms with Gasteiger partial charge in [-0.2, -0.15) is 11.8 Å². The van der Waals surface area contributed by atoms with Gasteiger partial charge in [-0.15, -0.1) is 11.3 Å². The molecule has 2 rings (SSSR count). The van der Waals surface area contributed by atoms with Gasteiger partial charge in [0.1, 0.15) is 0 Å². The molecule has 0 radical (unpaired) electrons. The zero-order chi connectivity index (χ0) is 13.7. The van der Waals surface area contributed by atoms with E-state index in [9.17, 15) is 4.79 Å². The van der Waals surface area contributed by atoms with Crippen molar-refractivity contribution < 1.29 is 4.79 Å². The maximum absolute atomic E-state index is 12.1. The molecular weight excluding hydrogens is 276 g/mol. The first-order chi connectivity index (χ1) is 9.20. The van der Waals surface area contributed by atoms with Gasteiger partial charge in [0, 0.05) is 11.8 Å². The molecule has 1 aliphatic heterocycles. The van der Waals surface area contributed by atoms with Gasteiger partial charge < -0.3 is 11.1 Å². The van der Waals surface area contributed by atoms with Gasteiger partial charge in [-0.05, 0) is 37.1 Å². The zero-order valence-electron chi connectivity index (χ0n) is 11.0. The molecule has 1 unspecified atom stereocenters. The van der Waals surface area contributed by atoms with Crippen LogP contribution in [0.1, 0.15) is 33.0 Å². The van der Waals surface area contributed by atoms with Crippen LogP contribution in [0.2, 0.25) is 0 Å². The molecule has 0 spiro atoms. The third-order valence-corrected chi connectivity index (χ3v) is 5.51. The van der Waals surface area contributed by atoms with Crippen molar-refractivity contribution in [3.05, 3.63) is 21.4 Å². The lowest BCUT2D eigenvalue weighted by atomic mass is 10.2. The Hall–Kier alpha value is -0.960. The Morgan fingerprint density at radius 2 is 2.47 bits per heavy atom. The van der Waals surface area contributed by atoms with Crippen molar-refractivity contribution in [1.82, 2.24) is 5.32 Å². The topological polar surface area (TPSA) is 55.1 Å². The van der Waals surface area contributed by atoms with Gasteiger partial charge in [0.25, 0.3) is 5.91 Å². The van der Waals surface area contributed by atoms with Crippen molar-refractivity contribution in [2.45, 2.75) is 25.0 Å². The largest absolute Gasteiger partial charge is 0.350 e. The predicted octanol–water partition coefficient (Wildman–Crippen LogP) is 1.99. The molecule has 3 nitrogen and oxygen atoms in total. The average molecular weight is 294 g/mol. The first-order valence-corrected chi connectivity index (χ1v) is 8.26. The van der Waals surface area contributed by atoms with Crippen molar-refractivity contribution in [3.8, 4) is 11.8 Å². The number of amides is 1. The Morgan fingerprint density at radius 1 is 1.63 bits per heavy atom. The summed E-state index contributed by atoms with van der Waals surface area (Å²) in [6.07, 6.45) is 2.48. The highest BCUT2D eigenvalue weighted by molar-refractivity contribution is 8.00. The highest BCUT2D eigenvalue weighted by Crippen LogP contribution is 2.25. The second-order valence-electron chi connectivity index (χ2n) is 4.47. The number of carbonyl (C=O) groups excluding carboxylic acids is 1. The van der Waals surface area contributed by atoms with E-state index in [1.165, 1.54) is 29.9 Å². The van der Waals surface area contributed by atoms with Crippen molar-refractivity contribution >= 4 is 29.0 Å². The Balaban J connectivity index is 1.94. The van der Waals surface area contributed by atoms with Crippen LogP contribution in [0.25, 0.3) is 0 Å². The molecule has 1 fully saturated rings. The summed E-state index contributed by atoms with van der Waals surface area (Å²) in [6, 6.07) is 1.91. The number of hydrogen-bond acceptors (Lipinski definition) is 4. The van der Waals surface area contributed by atoms with Gasteiger partial charge in [-0.25, -0.2) is 0 Å². The summed E-state index contributed by atoms with van der Waals surface area (Å²) in [6.45, 7) is 3.09. The lowest BCUT2D eigenvalue weighted by Gasteiger charge is -2.08. The minimum absolute atomic E-state index is 0.0152. The van der Waals surface area contributed by atoms with Crippen LogP contribution in [0, 0.1) is 18.8 Å². The molecular formula is C14H18N2OS2. The number of aryl methyl sites for hydroxylation is 1. The first kappa shape index (κ1) is 14.4. The number of thiophene rings is 1. The summed E-state index contributed by atoms with van der Waals surface area (Å²) in [5.74, 6) is 7.07. The summed E-state index contributed by atoms with van der Waals surface area (Å²) in [7, 11) is 0. The fourth-order valence-electron chi connectivity index (χ4n) is 1.95. The Labute approximate surface area is 122 Å². The van der Waals surface area contributed by atoms with Crippen LogP contribution < -0.4 is 11.1 Å². The van der Waals surface area contributed by atoms with E-state index in [0.29, 0.717) is 11.8 Å². The number of nitrogens with two attached hydrogens (primary N) is 1. The third kappa shape index (κ3) is 4.00. The molecule has 1 aromatic heterocycles. The summed E-state index contributed by atoms with van der Waals surface area (Å²) in [5.41, 5.74) is 6.41. The van der Waals surface area contributed by atoms with E-state index in [0.717, 1.165) is 21.9 Å². The number of nitrogens with one attached hydrogen (secondary N) is 1. The maximum atomic E-state index is 12.1. The normalized spacial score (nSPS) is 17.9. The summed E-state index contributed by atoms with van der Waals surface area (Å²) in [4.78, 5) is 13.7. The first-order valence-electron chi connectivity index (χ1n) is 6.40. The van der Waals surface area contributed by atoms with Crippen LogP contribution >= 0.6 is 23.1 Å². The predicted molar refractivity (Wildman–Crippen MR) is 82.8 cm³/mol. The zero-order valence-corrected chi connectivity index (χ0v) is 12.6. The maximum Gasteiger partial charge on any atom is 0.261 e. The molecule has 1 amide bonds. The molecule has 5 heteroatoms. The molecule has 1 atom stereocenters. The molecule has 0 aromatic carbocycles.